The van der Waals surface area contributed by atoms with Gasteiger partial charge in [-0.25, -0.2) is 9.07 Å². The maximum atomic E-state index is 13.3. The van der Waals surface area contributed by atoms with Gasteiger partial charge in [0.25, 0.3) is 0 Å². The number of nitrogens with two attached hydrogens (primary N) is 1. The molecule has 1 aromatic carbocycles. The summed E-state index contributed by atoms with van der Waals surface area (Å²) in [5, 5.41) is 7.92. The highest BCUT2D eigenvalue weighted by molar-refractivity contribution is 5.40. The molecular weight excluding hydrogens is 207 g/mol. The van der Waals surface area contributed by atoms with Crippen LogP contribution in [0, 0.1) is 12.7 Å². The van der Waals surface area contributed by atoms with Gasteiger partial charge in [0.1, 0.15) is 5.82 Å². The van der Waals surface area contributed by atoms with Crippen LogP contribution in [0.25, 0.3) is 5.69 Å². The summed E-state index contributed by atoms with van der Waals surface area (Å²) < 4.78 is 14.9. The van der Waals surface area contributed by atoms with E-state index < -0.39 is 0 Å². The summed E-state index contributed by atoms with van der Waals surface area (Å²) in [5.41, 5.74) is 7.50. The van der Waals surface area contributed by atoms with Gasteiger partial charge >= 0.3 is 0 Å². The minimum Gasteiger partial charge on any atom is -0.330 e. The zero-order valence-corrected chi connectivity index (χ0v) is 9.02. The van der Waals surface area contributed by atoms with Crippen molar-refractivity contribution in [2.45, 2.75) is 13.3 Å². The predicted octanol–water partition coefficient (Wildman–Crippen LogP) is 1.22. The largest absolute Gasteiger partial charge is 0.330 e. The third kappa shape index (κ3) is 1.94. The molecule has 2 N–H and O–H groups in total. The third-order valence-electron chi connectivity index (χ3n) is 2.43. The molecule has 0 aliphatic carbocycles. The van der Waals surface area contributed by atoms with Crippen molar-refractivity contribution >= 4 is 0 Å². The minimum absolute atomic E-state index is 0.242. The number of aromatic nitrogens is 3. The van der Waals surface area contributed by atoms with Gasteiger partial charge in [0.05, 0.1) is 17.6 Å². The predicted molar refractivity (Wildman–Crippen MR) is 58.8 cm³/mol. The highest BCUT2D eigenvalue weighted by Gasteiger charge is 2.07. The molecule has 0 bridgehead atoms. The zero-order valence-electron chi connectivity index (χ0n) is 9.02. The number of nitrogens with zero attached hydrogens (tertiary/aromatic N) is 3. The fraction of sp³-hybridized carbons (Fsp3) is 0.273. The molecule has 4 nitrogen and oxygen atoms in total. The fourth-order valence-electron chi connectivity index (χ4n) is 1.52. The molecule has 2 aromatic rings. The molecule has 0 saturated carbocycles. The van der Waals surface area contributed by atoms with Gasteiger partial charge in [-0.2, -0.15) is 0 Å². The maximum Gasteiger partial charge on any atom is 0.128 e. The van der Waals surface area contributed by atoms with Crippen LogP contribution in [-0.2, 0) is 6.42 Å². The quantitative estimate of drug-likeness (QED) is 0.846. The summed E-state index contributed by atoms with van der Waals surface area (Å²) in [4.78, 5) is 0. The van der Waals surface area contributed by atoms with E-state index in [0.29, 0.717) is 24.2 Å². The van der Waals surface area contributed by atoms with Crippen molar-refractivity contribution < 1.29 is 4.39 Å². The SMILES string of the molecule is Cc1c(F)cccc1-n1cc(CCN)nn1. The number of hydrogen-bond donors (Lipinski definition) is 1. The normalized spacial score (nSPS) is 10.7. The van der Waals surface area contributed by atoms with E-state index >= 15 is 0 Å². The highest BCUT2D eigenvalue weighted by Crippen LogP contribution is 2.15. The van der Waals surface area contributed by atoms with Crippen LogP contribution in [0.4, 0.5) is 4.39 Å². The van der Waals surface area contributed by atoms with Crippen molar-refractivity contribution in [3.05, 3.63) is 41.5 Å². The molecule has 0 saturated heterocycles. The van der Waals surface area contributed by atoms with Crippen LogP contribution >= 0.6 is 0 Å². The Bertz CT molecular complexity index is 492. The first-order valence-corrected chi connectivity index (χ1v) is 5.09. The molecule has 1 heterocycles. The molecule has 2 rings (SSSR count). The van der Waals surface area contributed by atoms with Crippen LogP contribution in [0.5, 0.6) is 0 Å². The van der Waals surface area contributed by atoms with E-state index in [2.05, 4.69) is 10.3 Å². The van der Waals surface area contributed by atoms with Crippen molar-refractivity contribution in [3.63, 3.8) is 0 Å². The first-order chi connectivity index (χ1) is 7.72. The van der Waals surface area contributed by atoms with Crippen LogP contribution in [-0.4, -0.2) is 21.5 Å². The van der Waals surface area contributed by atoms with Gasteiger partial charge in [0.2, 0.25) is 0 Å². The lowest BCUT2D eigenvalue weighted by molar-refractivity contribution is 0.614. The van der Waals surface area contributed by atoms with Crippen molar-refractivity contribution in [2.24, 2.45) is 5.73 Å². The standard InChI is InChI=1S/C11H13FN4/c1-8-10(12)3-2-4-11(8)16-7-9(5-6-13)14-15-16/h2-4,7H,5-6,13H2,1H3. The number of rotatable bonds is 3. The molecule has 0 aliphatic heterocycles. The Morgan fingerprint density at radius 3 is 3.00 bits per heavy atom. The van der Waals surface area contributed by atoms with Gasteiger partial charge in [-0.1, -0.05) is 11.3 Å². The molecule has 84 valence electrons. The Morgan fingerprint density at radius 2 is 2.25 bits per heavy atom. The van der Waals surface area contributed by atoms with Crippen molar-refractivity contribution in [1.29, 1.82) is 0 Å². The summed E-state index contributed by atoms with van der Waals surface area (Å²) >= 11 is 0. The van der Waals surface area contributed by atoms with Crippen LogP contribution in [0.1, 0.15) is 11.3 Å². The molecule has 0 amide bonds. The van der Waals surface area contributed by atoms with Gasteiger partial charge in [-0.05, 0) is 25.6 Å². The smallest absolute Gasteiger partial charge is 0.128 e. The highest BCUT2D eigenvalue weighted by atomic mass is 19.1. The van der Waals surface area contributed by atoms with E-state index in [1.807, 2.05) is 0 Å². The first kappa shape index (κ1) is 10.8. The van der Waals surface area contributed by atoms with Crippen LogP contribution < -0.4 is 5.73 Å². The van der Waals surface area contributed by atoms with E-state index in [-0.39, 0.29) is 5.82 Å². The second-order valence-corrected chi connectivity index (χ2v) is 3.58. The summed E-state index contributed by atoms with van der Waals surface area (Å²) in [6.07, 6.45) is 2.45. The lowest BCUT2D eigenvalue weighted by Crippen LogP contribution is -2.02. The number of hydrogen-bond acceptors (Lipinski definition) is 3. The van der Waals surface area contributed by atoms with Gasteiger partial charge < -0.3 is 5.73 Å². The molecule has 0 aliphatic rings. The van der Waals surface area contributed by atoms with Crippen molar-refractivity contribution in [3.8, 4) is 5.69 Å². The minimum atomic E-state index is -0.242. The molecule has 1 aromatic heterocycles. The molecule has 16 heavy (non-hydrogen) atoms. The van der Waals surface area contributed by atoms with E-state index in [0.717, 1.165) is 5.69 Å². The topological polar surface area (TPSA) is 56.7 Å². The van der Waals surface area contributed by atoms with Crippen LogP contribution in [0.3, 0.4) is 0 Å². The Labute approximate surface area is 92.9 Å². The van der Waals surface area contributed by atoms with E-state index in [1.54, 1.807) is 29.9 Å². The van der Waals surface area contributed by atoms with Gasteiger partial charge in [-0.3, -0.25) is 0 Å². The van der Waals surface area contributed by atoms with E-state index in [1.165, 1.54) is 6.07 Å². The summed E-state index contributed by atoms with van der Waals surface area (Å²) in [5.74, 6) is -0.242. The van der Waals surface area contributed by atoms with E-state index in [4.69, 9.17) is 5.73 Å². The Morgan fingerprint density at radius 1 is 1.44 bits per heavy atom. The fourth-order valence-corrected chi connectivity index (χ4v) is 1.52. The Balaban J connectivity index is 2.39. The van der Waals surface area contributed by atoms with Crippen molar-refractivity contribution in [2.75, 3.05) is 6.54 Å². The van der Waals surface area contributed by atoms with Gasteiger partial charge in [-0.15, -0.1) is 5.10 Å². The second-order valence-electron chi connectivity index (χ2n) is 3.58. The molecule has 0 spiro atoms. The first-order valence-electron chi connectivity index (χ1n) is 5.09. The van der Waals surface area contributed by atoms with Gasteiger partial charge in [0, 0.05) is 12.0 Å². The average Bonchev–Trinajstić information content (AvgIpc) is 2.71. The second kappa shape index (κ2) is 4.40. The maximum absolute atomic E-state index is 13.3. The van der Waals surface area contributed by atoms with Crippen LogP contribution in [0.15, 0.2) is 24.4 Å². The Hall–Kier alpha value is -1.75. The van der Waals surface area contributed by atoms with Crippen LogP contribution in [0.2, 0.25) is 0 Å². The number of halogens is 1. The third-order valence-corrected chi connectivity index (χ3v) is 2.43. The van der Waals surface area contributed by atoms with Crippen molar-refractivity contribution in [1.82, 2.24) is 15.0 Å². The Kier molecular flexibility index (Phi) is 2.96. The average molecular weight is 220 g/mol. The molecule has 0 atom stereocenters. The molecule has 0 radical (unpaired) electrons. The zero-order chi connectivity index (χ0) is 11.5. The van der Waals surface area contributed by atoms with E-state index in [9.17, 15) is 4.39 Å². The molecule has 0 unspecified atom stereocenters. The van der Waals surface area contributed by atoms with Gasteiger partial charge in [0.15, 0.2) is 0 Å². The molecule has 0 fully saturated rings. The summed E-state index contributed by atoms with van der Waals surface area (Å²) in [6.45, 7) is 2.25. The monoisotopic (exact) mass is 220 g/mol. The lowest BCUT2D eigenvalue weighted by atomic mass is 10.2. The summed E-state index contributed by atoms with van der Waals surface area (Å²) in [6, 6.07) is 4.89. The molecular formula is C11H13FN4. The lowest BCUT2D eigenvalue weighted by Gasteiger charge is -2.04. The molecule has 5 heteroatoms. The summed E-state index contributed by atoms with van der Waals surface area (Å²) in [7, 11) is 0. The number of benzene rings is 1.